The van der Waals surface area contributed by atoms with Crippen LogP contribution in [0.5, 0.6) is 0 Å². The van der Waals surface area contributed by atoms with Crippen molar-refractivity contribution in [1.82, 2.24) is 10.6 Å². The third-order valence-electron chi connectivity index (χ3n) is 0.921. The number of thiophene rings is 1. The normalized spacial score (nSPS) is 9.64. The summed E-state index contributed by atoms with van der Waals surface area (Å²) < 4.78 is 0. The zero-order valence-corrected chi connectivity index (χ0v) is 8.93. The highest BCUT2D eigenvalue weighted by molar-refractivity contribution is 7.13. The second-order valence-electron chi connectivity index (χ2n) is 2.19. The van der Waals surface area contributed by atoms with Crippen molar-refractivity contribution in [2.24, 2.45) is 10.7 Å². The van der Waals surface area contributed by atoms with Gasteiger partial charge in [0, 0.05) is 0 Å². The first kappa shape index (κ1) is 12.4. The molecule has 76 valence electrons. The minimum absolute atomic E-state index is 0.120. The highest BCUT2D eigenvalue weighted by Crippen LogP contribution is 2.18. The van der Waals surface area contributed by atoms with Gasteiger partial charge in [-0.15, -0.1) is 11.3 Å². The average Bonchev–Trinajstić information content (AvgIpc) is 2.58. The fourth-order valence-electron chi connectivity index (χ4n) is 0.537. The molecule has 5 nitrogen and oxygen atoms in total. The molecule has 0 saturated heterocycles. The topological polar surface area (TPSA) is 86.2 Å². The second kappa shape index (κ2) is 8.04. The van der Waals surface area contributed by atoms with Crippen molar-refractivity contribution in [2.75, 3.05) is 14.1 Å². The number of rotatable bonds is 1. The standard InChI is InChI=1S/C6H6N4S.C2H7N/c7-4-9-6(8)10-5-2-1-3-11-5;1-3-2/h1-3H,(H3,8,9,10);3H,1-2H3. The molecule has 0 bridgehead atoms. The van der Waals surface area contributed by atoms with E-state index in [1.54, 1.807) is 6.19 Å². The number of nitrogens with one attached hydrogen (secondary N) is 2. The number of nitrogens with two attached hydrogens (primary N) is 1. The van der Waals surface area contributed by atoms with Crippen molar-refractivity contribution >= 4 is 22.3 Å². The molecule has 0 aliphatic rings. The zero-order chi connectivity index (χ0) is 10.8. The molecule has 4 N–H and O–H groups in total. The van der Waals surface area contributed by atoms with Crippen LogP contribution < -0.4 is 16.4 Å². The number of guanidine groups is 1. The van der Waals surface area contributed by atoms with Gasteiger partial charge in [-0.2, -0.15) is 5.26 Å². The van der Waals surface area contributed by atoms with E-state index in [0.29, 0.717) is 0 Å². The minimum atomic E-state index is 0.120. The summed E-state index contributed by atoms with van der Waals surface area (Å²) in [6.07, 6.45) is 1.68. The molecule has 0 atom stereocenters. The van der Waals surface area contributed by atoms with Crippen LogP contribution in [0.1, 0.15) is 0 Å². The van der Waals surface area contributed by atoms with Crippen molar-refractivity contribution in [1.29, 1.82) is 5.26 Å². The average molecular weight is 211 g/mol. The lowest BCUT2D eigenvalue weighted by Crippen LogP contribution is -2.26. The molecule has 0 saturated carbocycles. The first-order valence-electron chi connectivity index (χ1n) is 3.85. The lowest BCUT2D eigenvalue weighted by Gasteiger charge is -1.91. The van der Waals surface area contributed by atoms with Crippen LogP contribution in [-0.2, 0) is 0 Å². The lowest BCUT2D eigenvalue weighted by atomic mass is 10.6. The third kappa shape index (κ3) is 5.99. The van der Waals surface area contributed by atoms with Crippen LogP contribution >= 0.6 is 11.3 Å². The van der Waals surface area contributed by atoms with E-state index >= 15 is 0 Å². The Morgan fingerprint density at radius 1 is 1.64 bits per heavy atom. The summed E-state index contributed by atoms with van der Waals surface area (Å²) in [5, 5.41) is 15.8. The predicted molar refractivity (Wildman–Crippen MR) is 59.3 cm³/mol. The van der Waals surface area contributed by atoms with E-state index in [0.717, 1.165) is 5.00 Å². The lowest BCUT2D eigenvalue weighted by molar-refractivity contribution is 1.02. The van der Waals surface area contributed by atoms with E-state index in [1.807, 2.05) is 31.6 Å². The molecular formula is C8H13N5S. The summed E-state index contributed by atoms with van der Waals surface area (Å²) in [6.45, 7) is 0. The van der Waals surface area contributed by atoms with Gasteiger partial charge in [-0.3, -0.25) is 5.32 Å². The number of nitriles is 1. The van der Waals surface area contributed by atoms with E-state index < -0.39 is 0 Å². The van der Waals surface area contributed by atoms with Gasteiger partial charge < -0.3 is 11.1 Å². The van der Waals surface area contributed by atoms with Crippen LogP contribution in [-0.4, -0.2) is 20.1 Å². The van der Waals surface area contributed by atoms with Gasteiger partial charge in [0.1, 0.15) is 5.00 Å². The number of nitrogens with zero attached hydrogens (tertiary/aromatic N) is 2. The monoisotopic (exact) mass is 211 g/mol. The Kier molecular flexibility index (Phi) is 7.13. The molecular weight excluding hydrogens is 198 g/mol. The van der Waals surface area contributed by atoms with Gasteiger partial charge in [-0.1, -0.05) is 0 Å². The Morgan fingerprint density at radius 3 is 2.71 bits per heavy atom. The molecule has 0 aliphatic carbocycles. The van der Waals surface area contributed by atoms with Crippen LogP contribution in [0.2, 0.25) is 0 Å². The quantitative estimate of drug-likeness (QED) is 0.275. The largest absolute Gasteiger partial charge is 0.369 e. The molecule has 1 rings (SSSR count). The fourth-order valence-corrected chi connectivity index (χ4v) is 1.14. The first-order chi connectivity index (χ1) is 6.74. The molecule has 1 heterocycles. The molecule has 1 aromatic rings. The summed E-state index contributed by atoms with van der Waals surface area (Å²) >= 11 is 1.46. The Balaban J connectivity index is 0.000000500. The number of hydrogen-bond acceptors (Lipinski definition) is 4. The fraction of sp³-hybridized carbons (Fsp3) is 0.250. The van der Waals surface area contributed by atoms with E-state index in [4.69, 9.17) is 11.0 Å². The van der Waals surface area contributed by atoms with Crippen molar-refractivity contribution < 1.29 is 0 Å². The zero-order valence-electron chi connectivity index (χ0n) is 8.11. The van der Waals surface area contributed by atoms with Gasteiger partial charge in [0.15, 0.2) is 6.19 Å². The van der Waals surface area contributed by atoms with Gasteiger partial charge in [0.05, 0.1) is 0 Å². The van der Waals surface area contributed by atoms with Crippen LogP contribution in [0.15, 0.2) is 22.5 Å². The van der Waals surface area contributed by atoms with E-state index in [2.05, 4.69) is 15.6 Å². The second-order valence-corrected chi connectivity index (χ2v) is 3.11. The summed E-state index contributed by atoms with van der Waals surface area (Å²) in [6, 6.07) is 3.68. The SMILES string of the molecule is CNC.N#CN/C(N)=N\c1cccs1. The molecule has 0 fully saturated rings. The predicted octanol–water partition coefficient (Wildman–Crippen LogP) is 0.601. The Bertz CT molecular complexity index is 298. The maximum atomic E-state index is 8.15. The Morgan fingerprint density at radius 2 is 2.29 bits per heavy atom. The molecule has 0 aromatic carbocycles. The maximum Gasteiger partial charge on any atom is 0.208 e. The first-order valence-corrected chi connectivity index (χ1v) is 4.73. The van der Waals surface area contributed by atoms with Gasteiger partial charge in [-0.05, 0) is 31.6 Å². The minimum Gasteiger partial charge on any atom is -0.369 e. The molecule has 0 aliphatic heterocycles. The van der Waals surface area contributed by atoms with Crippen molar-refractivity contribution in [3.63, 3.8) is 0 Å². The summed E-state index contributed by atoms with van der Waals surface area (Å²) in [4.78, 5) is 3.89. The number of hydrogen-bond donors (Lipinski definition) is 3. The van der Waals surface area contributed by atoms with Gasteiger partial charge in [-0.25, -0.2) is 4.99 Å². The van der Waals surface area contributed by atoms with Crippen LogP contribution in [0.4, 0.5) is 5.00 Å². The molecule has 14 heavy (non-hydrogen) atoms. The van der Waals surface area contributed by atoms with E-state index in [9.17, 15) is 0 Å². The molecule has 0 amide bonds. The molecule has 6 heteroatoms. The highest BCUT2D eigenvalue weighted by atomic mass is 32.1. The van der Waals surface area contributed by atoms with Crippen molar-refractivity contribution in [3.05, 3.63) is 17.5 Å². The molecule has 1 aromatic heterocycles. The summed E-state index contributed by atoms with van der Waals surface area (Å²) in [5.41, 5.74) is 5.30. The van der Waals surface area contributed by atoms with Crippen LogP contribution in [0, 0.1) is 11.5 Å². The van der Waals surface area contributed by atoms with Crippen molar-refractivity contribution in [2.45, 2.75) is 0 Å². The van der Waals surface area contributed by atoms with Crippen LogP contribution in [0.3, 0.4) is 0 Å². The smallest absolute Gasteiger partial charge is 0.208 e. The summed E-state index contributed by atoms with van der Waals surface area (Å²) in [5.74, 6) is 0.120. The van der Waals surface area contributed by atoms with Gasteiger partial charge in [0.25, 0.3) is 0 Å². The van der Waals surface area contributed by atoms with E-state index in [-0.39, 0.29) is 5.96 Å². The highest BCUT2D eigenvalue weighted by Gasteiger charge is 1.90. The Labute approximate surface area is 87.3 Å². The van der Waals surface area contributed by atoms with Gasteiger partial charge >= 0.3 is 0 Å². The van der Waals surface area contributed by atoms with E-state index in [1.165, 1.54) is 11.3 Å². The maximum absolute atomic E-state index is 8.15. The molecule has 0 radical (unpaired) electrons. The van der Waals surface area contributed by atoms with Gasteiger partial charge in [0.2, 0.25) is 5.96 Å². The van der Waals surface area contributed by atoms with Crippen LogP contribution in [0.25, 0.3) is 0 Å². The number of aliphatic imine (C=N–C) groups is 1. The third-order valence-corrected chi connectivity index (χ3v) is 1.68. The summed E-state index contributed by atoms with van der Waals surface area (Å²) in [7, 11) is 3.75. The molecule has 0 spiro atoms. The van der Waals surface area contributed by atoms with Crippen molar-refractivity contribution in [3.8, 4) is 6.19 Å². The molecule has 0 unspecified atom stereocenters. The Hall–Kier alpha value is -1.58.